The Morgan fingerprint density at radius 1 is 0.209 bits per heavy atom. The predicted octanol–water partition coefficient (Wildman–Crippen LogP) is 27.0. The Bertz CT molecular complexity index is 7940. The third kappa shape index (κ3) is 9.26. The van der Waals surface area contributed by atoms with Gasteiger partial charge in [-0.05, 0) is 184 Å². The summed E-state index contributed by atoms with van der Waals surface area (Å²) in [6.07, 6.45) is 0. The number of benzene rings is 17. The Labute approximate surface area is 682 Å². The molecule has 9 heterocycles. The molecule has 22 aromatic rings. The number of thiophene rings is 5. The van der Waals surface area contributed by atoms with E-state index in [1.54, 1.807) is 0 Å². The summed E-state index contributed by atoms with van der Waals surface area (Å²) in [7, 11) is 0. The molecule has 0 fully saturated rings. The molecule has 13 heteroatoms. The van der Waals surface area contributed by atoms with Crippen LogP contribution in [0.2, 0.25) is 0 Å². The second-order valence-electron chi connectivity index (χ2n) is 30.4. The Morgan fingerprint density at radius 2 is 0.539 bits per heavy atom. The van der Waals surface area contributed by atoms with Gasteiger partial charge in [-0.25, -0.2) is 0 Å². The Balaban J connectivity index is 0.820. The quantitative estimate of drug-likeness (QED) is 0.134. The molecule has 26 rings (SSSR count). The maximum absolute atomic E-state index is 7.66. The molecular formula is C102H59B2N5OS5. The average molecular weight is 1550 g/mol. The van der Waals surface area contributed by atoms with E-state index in [1.807, 2.05) is 56.7 Å². The fourth-order valence-electron chi connectivity index (χ4n) is 19.9. The van der Waals surface area contributed by atoms with Gasteiger partial charge in [0.1, 0.15) is 11.5 Å². The van der Waals surface area contributed by atoms with E-state index in [1.165, 1.54) is 123 Å². The molecular weight excluding hydrogens is 1490 g/mol. The number of hydrogen-bond acceptors (Lipinski definition) is 11. The van der Waals surface area contributed by atoms with Crippen molar-refractivity contribution in [2.45, 2.75) is 0 Å². The smallest absolute Gasteiger partial charge is 0.256 e. The van der Waals surface area contributed by atoms with Gasteiger partial charge in [0.05, 0.1) is 39.8 Å². The Kier molecular flexibility index (Phi) is 13.8. The summed E-state index contributed by atoms with van der Waals surface area (Å²) in [4.78, 5) is 13.1. The van der Waals surface area contributed by atoms with Gasteiger partial charge in [-0.15, -0.1) is 56.7 Å². The minimum Gasteiger partial charge on any atom is -0.458 e. The molecule has 0 N–H and O–H groups in total. The van der Waals surface area contributed by atoms with Crippen LogP contribution < -0.4 is 62.0 Å². The van der Waals surface area contributed by atoms with Gasteiger partial charge >= 0.3 is 0 Å². The molecule has 5 aromatic heterocycles. The van der Waals surface area contributed by atoms with Crippen LogP contribution in [0, 0.1) is 0 Å². The molecule has 0 aliphatic carbocycles. The summed E-state index contributed by atoms with van der Waals surface area (Å²) in [5.74, 6) is 1.68. The van der Waals surface area contributed by atoms with E-state index < -0.39 is 0 Å². The minimum absolute atomic E-state index is 0.274. The van der Waals surface area contributed by atoms with Gasteiger partial charge in [-0.3, -0.25) is 0 Å². The summed E-state index contributed by atoms with van der Waals surface area (Å²) < 4.78 is 20.1. The Morgan fingerprint density at radius 3 is 1.00 bits per heavy atom. The van der Waals surface area contributed by atoms with E-state index >= 15 is 0 Å². The SMILES string of the molecule is c1ccc(N(c2cc3c4c(c2)N(c2cccc5sc6ccccc6c25)c2cc5c(cc2B4c2ccccc2O3)B2c3ccccc3N(c3cccc4sc6ccccc6c34)c3cc(N(c4ccccc4)c4cccc6sc7ccccc7c46)cc(c32)N5c2cccc3sc4ccccc4c23)c2cccc3sc4ccccc4c23)cc1. The molecule has 4 aliphatic rings. The van der Waals surface area contributed by atoms with Gasteiger partial charge in [0.25, 0.3) is 13.4 Å². The summed E-state index contributed by atoms with van der Waals surface area (Å²) >= 11 is 9.34. The number of para-hydroxylation sites is 4. The molecule has 0 saturated heterocycles. The fourth-order valence-corrected chi connectivity index (χ4v) is 25.5. The van der Waals surface area contributed by atoms with Crippen LogP contribution in [0.3, 0.4) is 0 Å². The van der Waals surface area contributed by atoms with Crippen LogP contribution in [0.15, 0.2) is 358 Å². The molecule has 0 saturated carbocycles. The molecule has 6 nitrogen and oxygen atoms in total. The first-order valence-electron chi connectivity index (χ1n) is 39.1. The van der Waals surface area contributed by atoms with Gasteiger partial charge in [-0.2, -0.15) is 0 Å². The normalized spacial score (nSPS) is 13.2. The molecule has 0 radical (unpaired) electrons. The number of ether oxygens (including phenoxy) is 1. The average Bonchev–Trinajstić information content (AvgIpc) is 1.54. The second kappa shape index (κ2) is 24.6. The second-order valence-corrected chi connectivity index (χ2v) is 35.8. The van der Waals surface area contributed by atoms with E-state index in [0.717, 1.165) is 108 Å². The lowest BCUT2D eigenvalue weighted by Crippen LogP contribution is -2.64. The summed E-state index contributed by atoms with van der Waals surface area (Å²) in [5.41, 5.74) is 23.6. The van der Waals surface area contributed by atoms with Crippen LogP contribution in [0.4, 0.5) is 85.3 Å². The van der Waals surface area contributed by atoms with Crippen LogP contribution in [-0.2, 0) is 0 Å². The molecule has 4 aliphatic heterocycles. The third-order valence-electron chi connectivity index (χ3n) is 24.4. The van der Waals surface area contributed by atoms with Crippen molar-refractivity contribution in [3.05, 3.63) is 358 Å². The predicted molar refractivity (Wildman–Crippen MR) is 500 cm³/mol. The van der Waals surface area contributed by atoms with Crippen molar-refractivity contribution in [1.82, 2.24) is 0 Å². The van der Waals surface area contributed by atoms with Gasteiger partial charge < -0.3 is 29.2 Å². The first-order chi connectivity index (χ1) is 57.1. The lowest BCUT2D eigenvalue weighted by molar-refractivity contribution is 0.487. The first kappa shape index (κ1) is 64.3. The van der Waals surface area contributed by atoms with Gasteiger partial charge in [0, 0.05) is 152 Å². The van der Waals surface area contributed by atoms with Crippen molar-refractivity contribution in [2.75, 3.05) is 24.5 Å². The fraction of sp³-hybridized carbons (Fsp3) is 0. The highest BCUT2D eigenvalue weighted by Crippen LogP contribution is 2.58. The van der Waals surface area contributed by atoms with Crippen LogP contribution in [0.5, 0.6) is 11.5 Å². The van der Waals surface area contributed by atoms with E-state index in [-0.39, 0.29) is 13.4 Å². The highest BCUT2D eigenvalue weighted by molar-refractivity contribution is 7.27. The van der Waals surface area contributed by atoms with Crippen LogP contribution in [0.1, 0.15) is 0 Å². The van der Waals surface area contributed by atoms with Gasteiger partial charge in [0.2, 0.25) is 0 Å². The first-order valence-corrected chi connectivity index (χ1v) is 43.2. The maximum Gasteiger partial charge on any atom is 0.256 e. The molecule has 534 valence electrons. The largest absolute Gasteiger partial charge is 0.458 e. The van der Waals surface area contributed by atoms with Crippen LogP contribution >= 0.6 is 56.7 Å². The lowest BCUT2D eigenvalue weighted by Gasteiger charge is -2.47. The molecule has 115 heavy (non-hydrogen) atoms. The van der Waals surface area contributed by atoms with Crippen molar-refractivity contribution in [3.63, 3.8) is 0 Å². The van der Waals surface area contributed by atoms with Crippen molar-refractivity contribution in [2.24, 2.45) is 0 Å². The zero-order chi connectivity index (χ0) is 74.8. The molecule has 0 unspecified atom stereocenters. The van der Waals surface area contributed by atoms with E-state index in [9.17, 15) is 0 Å². The standard InChI is InChI=1S/C102H59B2N5OS5/c1-3-26-60(27-4-1)105(74-38-21-49-91-96(74)64-30-7-16-44-86(64)111-91)62-54-81-101-82(55-62)108(77-41-24-52-94-99(77)67-33-10-19-47-89(67)114-94)79-59-80-72(58-71(79)103(101)69-35-12-14-37-73(69)107(81)76-40-23-51-93-98(76)66-32-9-18-46-88(66)113-93)104-70-36-13-15-43-84(70)110-85-57-63(56-83(102(85)104)109(80)78-42-25-53-95-100(78)68-34-11-20-48-90(68)115-95)106(61-28-5-2-6-29-61)75-39-22-50-92-97(75)65-31-8-17-45-87(65)112-92/h1-59H. The highest BCUT2D eigenvalue weighted by atomic mass is 32.1. The summed E-state index contributed by atoms with van der Waals surface area (Å²) in [6.45, 7) is -0.551. The van der Waals surface area contributed by atoms with E-state index in [0.29, 0.717) is 0 Å². The lowest BCUT2D eigenvalue weighted by atomic mass is 9.30. The number of nitrogens with zero attached hydrogens (tertiary/aromatic N) is 5. The van der Waals surface area contributed by atoms with Crippen LogP contribution in [-0.4, -0.2) is 13.4 Å². The van der Waals surface area contributed by atoms with Crippen molar-refractivity contribution in [1.29, 1.82) is 0 Å². The number of fused-ring (bicyclic) bond motifs is 23. The van der Waals surface area contributed by atoms with Crippen LogP contribution in [0.25, 0.3) is 101 Å². The highest BCUT2D eigenvalue weighted by Gasteiger charge is 2.49. The van der Waals surface area contributed by atoms with Gasteiger partial charge in [0.15, 0.2) is 0 Å². The van der Waals surface area contributed by atoms with E-state index in [4.69, 9.17) is 4.74 Å². The topological polar surface area (TPSA) is 25.4 Å². The number of rotatable bonds is 9. The summed E-state index contributed by atoms with van der Waals surface area (Å²) in [6, 6.07) is 135. The molecule has 0 bridgehead atoms. The molecule has 0 amide bonds. The molecule has 0 atom stereocenters. The zero-order valence-electron chi connectivity index (χ0n) is 61.4. The molecule has 0 spiro atoms. The number of hydrogen-bond donors (Lipinski definition) is 0. The Hall–Kier alpha value is -13.2. The van der Waals surface area contributed by atoms with E-state index in [2.05, 4.69) is 382 Å². The number of anilines is 15. The van der Waals surface area contributed by atoms with Gasteiger partial charge in [-0.1, -0.05) is 200 Å². The monoisotopic (exact) mass is 1550 g/mol. The van der Waals surface area contributed by atoms with Crippen molar-refractivity contribution < 1.29 is 4.74 Å². The van der Waals surface area contributed by atoms with Crippen molar-refractivity contribution >= 4 is 289 Å². The summed E-state index contributed by atoms with van der Waals surface area (Å²) in [5, 5.41) is 12.3. The zero-order valence-corrected chi connectivity index (χ0v) is 65.5. The molecule has 17 aromatic carbocycles. The minimum atomic E-state index is -0.277. The van der Waals surface area contributed by atoms with Crippen molar-refractivity contribution in [3.8, 4) is 11.5 Å². The third-order valence-corrected chi connectivity index (χ3v) is 30.1. The maximum atomic E-state index is 7.66.